The van der Waals surface area contributed by atoms with Crippen LogP contribution in [0.1, 0.15) is 23.7 Å². The molecule has 0 aliphatic carbocycles. The third-order valence-corrected chi connectivity index (χ3v) is 6.89. The first-order chi connectivity index (χ1) is 12.3. The quantitative estimate of drug-likeness (QED) is 0.601. The van der Waals surface area contributed by atoms with Crippen LogP contribution in [-0.2, 0) is 21.7 Å². The van der Waals surface area contributed by atoms with Gasteiger partial charge in [-0.1, -0.05) is 18.2 Å². The Kier molecular flexibility index (Phi) is 3.76. The lowest BCUT2D eigenvalue weighted by Crippen LogP contribution is -2.39. The number of aryl methyl sites for hydroxylation is 1. The van der Waals surface area contributed by atoms with Gasteiger partial charge in [-0.05, 0) is 19.4 Å². The van der Waals surface area contributed by atoms with Crippen LogP contribution >= 0.6 is 0 Å². The summed E-state index contributed by atoms with van der Waals surface area (Å²) in [6.07, 6.45) is 2.09. The Hall–Kier alpha value is -2.48. The molecule has 1 amide bonds. The van der Waals surface area contributed by atoms with Crippen molar-refractivity contribution in [1.82, 2.24) is 9.58 Å². The lowest BCUT2D eigenvalue weighted by atomic mass is 9.93. The normalized spacial score (nSPS) is 25.1. The van der Waals surface area contributed by atoms with Crippen molar-refractivity contribution < 1.29 is 18.0 Å². The summed E-state index contributed by atoms with van der Waals surface area (Å²) < 4.78 is 25.3. The largest absolute Gasteiger partial charge is 0.350 e. The number of carbonyl (C=O) groups excluding carboxylic acids is 2. The van der Waals surface area contributed by atoms with Crippen LogP contribution in [0.15, 0.2) is 35.6 Å². The maximum atomic E-state index is 13.1. The molecule has 136 valence electrons. The van der Waals surface area contributed by atoms with Gasteiger partial charge in [0.2, 0.25) is 0 Å². The first-order valence-corrected chi connectivity index (χ1v) is 10.3. The van der Waals surface area contributed by atoms with Crippen LogP contribution in [0.4, 0.5) is 0 Å². The fourth-order valence-corrected chi connectivity index (χ4v) is 5.51. The molecule has 4 rings (SSSR count). The molecule has 1 aromatic heterocycles. The van der Waals surface area contributed by atoms with Gasteiger partial charge >= 0.3 is 0 Å². The Morgan fingerprint density at radius 3 is 2.69 bits per heavy atom. The number of hydrazone groups is 1. The highest BCUT2D eigenvalue weighted by Gasteiger charge is 2.45. The number of nitrogens with zero attached hydrogens (tertiary/aromatic N) is 3. The first kappa shape index (κ1) is 17.0. The van der Waals surface area contributed by atoms with Crippen LogP contribution in [0.25, 0.3) is 10.9 Å². The van der Waals surface area contributed by atoms with E-state index in [4.69, 9.17) is 0 Å². The Labute approximate surface area is 151 Å². The number of rotatable bonds is 3. The van der Waals surface area contributed by atoms with E-state index < -0.39 is 27.7 Å². The van der Waals surface area contributed by atoms with E-state index >= 15 is 0 Å². The number of fused-ring (bicyclic) bond motifs is 1. The standard InChI is InChI=1S/C18H19N3O4S/c1-11-16(18(23)21(19-11)12-7-8-26(24,25)10-12)17(22)14-9-20(2)15-6-4-3-5-13(14)15/h3-6,9,12,16H,7-8,10H2,1-2H3/t12-,16-/m1/s1. The van der Waals surface area contributed by atoms with Gasteiger partial charge in [-0.25, -0.2) is 13.4 Å². The van der Waals surface area contributed by atoms with Crippen molar-refractivity contribution in [2.24, 2.45) is 18.1 Å². The second-order valence-electron chi connectivity index (χ2n) is 6.95. The number of hydrogen-bond acceptors (Lipinski definition) is 5. The monoisotopic (exact) mass is 373 g/mol. The zero-order valence-electron chi connectivity index (χ0n) is 14.5. The molecular formula is C18H19N3O4S. The van der Waals surface area contributed by atoms with E-state index in [2.05, 4.69) is 5.10 Å². The van der Waals surface area contributed by atoms with E-state index in [1.54, 1.807) is 13.1 Å². The number of aromatic nitrogens is 1. The van der Waals surface area contributed by atoms with E-state index in [0.717, 1.165) is 10.9 Å². The van der Waals surface area contributed by atoms with Crippen molar-refractivity contribution in [3.05, 3.63) is 36.0 Å². The fourth-order valence-electron chi connectivity index (χ4n) is 3.81. The van der Waals surface area contributed by atoms with Crippen molar-refractivity contribution in [3.8, 4) is 0 Å². The van der Waals surface area contributed by atoms with Crippen molar-refractivity contribution >= 4 is 38.1 Å². The second kappa shape index (κ2) is 5.77. The molecule has 0 saturated carbocycles. The second-order valence-corrected chi connectivity index (χ2v) is 9.18. The Bertz CT molecular complexity index is 1070. The lowest BCUT2D eigenvalue weighted by Gasteiger charge is -2.19. The van der Waals surface area contributed by atoms with Crippen LogP contribution in [0.5, 0.6) is 0 Å². The van der Waals surface area contributed by atoms with Crippen LogP contribution in [0.3, 0.4) is 0 Å². The van der Waals surface area contributed by atoms with E-state index in [-0.39, 0.29) is 17.3 Å². The smallest absolute Gasteiger partial charge is 0.259 e. The molecule has 0 unspecified atom stereocenters. The predicted octanol–water partition coefficient (Wildman–Crippen LogP) is 1.38. The summed E-state index contributed by atoms with van der Waals surface area (Å²) >= 11 is 0. The molecule has 0 radical (unpaired) electrons. The van der Waals surface area contributed by atoms with Gasteiger partial charge in [-0.15, -0.1) is 0 Å². The molecule has 26 heavy (non-hydrogen) atoms. The average Bonchev–Trinajstić information content (AvgIpc) is 3.21. The molecule has 0 spiro atoms. The number of para-hydroxylation sites is 1. The highest BCUT2D eigenvalue weighted by molar-refractivity contribution is 7.91. The molecule has 3 heterocycles. The van der Waals surface area contributed by atoms with Gasteiger partial charge in [0.1, 0.15) is 5.92 Å². The maximum absolute atomic E-state index is 13.1. The lowest BCUT2D eigenvalue weighted by molar-refractivity contribution is -0.132. The molecule has 0 N–H and O–H groups in total. The fraction of sp³-hybridized carbons (Fsp3) is 0.389. The number of hydrogen-bond donors (Lipinski definition) is 0. The molecule has 1 saturated heterocycles. The van der Waals surface area contributed by atoms with Crippen LogP contribution in [0, 0.1) is 5.92 Å². The minimum Gasteiger partial charge on any atom is -0.350 e. The highest BCUT2D eigenvalue weighted by Crippen LogP contribution is 2.29. The molecule has 7 nitrogen and oxygen atoms in total. The van der Waals surface area contributed by atoms with Crippen molar-refractivity contribution in [3.63, 3.8) is 0 Å². The van der Waals surface area contributed by atoms with E-state index in [0.29, 0.717) is 17.7 Å². The predicted molar refractivity (Wildman–Crippen MR) is 97.8 cm³/mol. The Morgan fingerprint density at radius 1 is 1.27 bits per heavy atom. The summed E-state index contributed by atoms with van der Waals surface area (Å²) in [7, 11) is -1.29. The summed E-state index contributed by atoms with van der Waals surface area (Å²) in [4.78, 5) is 26.0. The molecule has 1 aromatic carbocycles. The molecule has 2 aliphatic rings. The van der Waals surface area contributed by atoms with Crippen LogP contribution in [-0.4, -0.2) is 52.9 Å². The Balaban J connectivity index is 1.67. The van der Waals surface area contributed by atoms with Gasteiger partial charge in [0.05, 0.1) is 23.3 Å². The van der Waals surface area contributed by atoms with Gasteiger partial charge in [0.15, 0.2) is 15.6 Å². The van der Waals surface area contributed by atoms with Crippen LogP contribution < -0.4 is 0 Å². The number of ketones is 1. The SMILES string of the molecule is CC1=NN([C@@H]2CCS(=O)(=O)C2)C(=O)[C@H]1C(=O)c1cn(C)c2ccccc12. The zero-order chi connectivity index (χ0) is 18.6. The molecule has 0 bridgehead atoms. The van der Waals surface area contributed by atoms with Crippen molar-refractivity contribution in [2.45, 2.75) is 19.4 Å². The number of Topliss-reactive ketones (excluding diaryl/α,β-unsaturated/α-hetero) is 1. The molecule has 2 aliphatic heterocycles. The third-order valence-electron chi connectivity index (χ3n) is 5.13. The first-order valence-electron chi connectivity index (χ1n) is 8.45. The molecule has 2 aromatic rings. The molecule has 1 fully saturated rings. The summed E-state index contributed by atoms with van der Waals surface area (Å²) in [5.74, 6) is -1.74. The van der Waals surface area contributed by atoms with E-state index in [1.807, 2.05) is 35.9 Å². The van der Waals surface area contributed by atoms with Crippen LogP contribution in [0.2, 0.25) is 0 Å². The van der Waals surface area contributed by atoms with E-state index in [1.165, 1.54) is 5.01 Å². The topological polar surface area (TPSA) is 88.8 Å². The van der Waals surface area contributed by atoms with Crippen molar-refractivity contribution in [2.75, 3.05) is 11.5 Å². The summed E-state index contributed by atoms with van der Waals surface area (Å²) in [5, 5.41) is 6.25. The minimum atomic E-state index is -3.14. The third kappa shape index (κ3) is 2.56. The summed E-state index contributed by atoms with van der Waals surface area (Å²) in [6, 6.07) is 7.04. The molecule has 8 heteroatoms. The average molecular weight is 373 g/mol. The van der Waals surface area contributed by atoms with Gasteiger partial charge in [0.25, 0.3) is 5.91 Å². The maximum Gasteiger partial charge on any atom is 0.259 e. The van der Waals surface area contributed by atoms with Gasteiger partial charge in [-0.2, -0.15) is 5.10 Å². The van der Waals surface area contributed by atoms with Crippen molar-refractivity contribution in [1.29, 1.82) is 0 Å². The molecular weight excluding hydrogens is 354 g/mol. The minimum absolute atomic E-state index is 0.0535. The number of amides is 1. The Morgan fingerprint density at radius 2 is 2.00 bits per heavy atom. The number of sulfone groups is 1. The summed E-state index contributed by atoms with van der Waals surface area (Å²) in [6.45, 7) is 1.65. The zero-order valence-corrected chi connectivity index (χ0v) is 15.4. The highest BCUT2D eigenvalue weighted by atomic mass is 32.2. The van der Waals surface area contributed by atoms with Gasteiger partial charge in [-0.3, -0.25) is 9.59 Å². The van der Waals surface area contributed by atoms with E-state index in [9.17, 15) is 18.0 Å². The number of carbonyl (C=O) groups is 2. The number of benzene rings is 1. The van der Waals surface area contributed by atoms with Gasteiger partial charge < -0.3 is 4.57 Å². The molecule has 2 atom stereocenters. The van der Waals surface area contributed by atoms with Gasteiger partial charge in [0, 0.05) is 29.7 Å². The summed E-state index contributed by atoms with van der Waals surface area (Å²) in [5.41, 5.74) is 1.81.